The lowest BCUT2D eigenvalue weighted by atomic mass is 10.2. The number of benzene rings is 1. The number of alkyl halides is 3. The fraction of sp³-hybridized carbons (Fsp3) is 0.200. The first-order valence-electron chi connectivity index (χ1n) is 4.78. The second-order valence-corrected chi connectivity index (χ2v) is 3.43. The number of anilines is 1. The number of nitrogens with zero attached hydrogens (tertiary/aromatic N) is 3. The zero-order valence-corrected chi connectivity index (χ0v) is 8.65. The smallest absolute Gasteiger partial charge is 0.366 e. The Labute approximate surface area is 94.9 Å². The maximum Gasteiger partial charge on any atom is 0.451 e. The van der Waals surface area contributed by atoms with E-state index in [4.69, 9.17) is 5.73 Å². The Morgan fingerprint density at radius 3 is 2.41 bits per heavy atom. The van der Waals surface area contributed by atoms with E-state index in [1.807, 2.05) is 0 Å². The van der Waals surface area contributed by atoms with Crippen LogP contribution in [0.4, 0.5) is 19.1 Å². The molecule has 0 aliphatic heterocycles. The van der Waals surface area contributed by atoms with Crippen molar-refractivity contribution in [1.82, 2.24) is 14.8 Å². The topological polar surface area (TPSA) is 56.7 Å². The molecule has 0 aliphatic rings. The van der Waals surface area contributed by atoms with Crippen LogP contribution in [0.1, 0.15) is 11.4 Å². The molecule has 0 saturated heterocycles. The SMILES string of the molecule is Nc1nc(C(F)(F)F)n(Cc2ccccc2)n1. The molecule has 4 nitrogen and oxygen atoms in total. The highest BCUT2D eigenvalue weighted by atomic mass is 19.4. The van der Waals surface area contributed by atoms with E-state index in [0.29, 0.717) is 5.56 Å². The van der Waals surface area contributed by atoms with Gasteiger partial charge in [0.05, 0.1) is 6.54 Å². The lowest BCUT2D eigenvalue weighted by Crippen LogP contribution is -2.16. The normalized spacial score (nSPS) is 11.7. The summed E-state index contributed by atoms with van der Waals surface area (Å²) >= 11 is 0. The minimum Gasteiger partial charge on any atom is -0.366 e. The highest BCUT2D eigenvalue weighted by Crippen LogP contribution is 2.28. The number of aromatic nitrogens is 3. The molecule has 0 unspecified atom stereocenters. The van der Waals surface area contributed by atoms with Crippen LogP contribution in [0.2, 0.25) is 0 Å². The van der Waals surface area contributed by atoms with Crippen molar-refractivity contribution in [2.45, 2.75) is 12.7 Å². The number of nitrogen functional groups attached to an aromatic ring is 1. The van der Waals surface area contributed by atoms with Crippen molar-refractivity contribution in [3.8, 4) is 0 Å². The molecule has 0 radical (unpaired) electrons. The van der Waals surface area contributed by atoms with Crippen LogP contribution in [0, 0.1) is 0 Å². The van der Waals surface area contributed by atoms with Crippen LogP contribution >= 0.6 is 0 Å². The van der Waals surface area contributed by atoms with E-state index in [9.17, 15) is 13.2 Å². The second-order valence-electron chi connectivity index (χ2n) is 3.43. The van der Waals surface area contributed by atoms with Gasteiger partial charge in [-0.3, -0.25) is 0 Å². The van der Waals surface area contributed by atoms with Gasteiger partial charge in [0, 0.05) is 0 Å². The zero-order valence-electron chi connectivity index (χ0n) is 8.65. The third-order valence-electron chi connectivity index (χ3n) is 2.12. The Morgan fingerprint density at radius 1 is 1.18 bits per heavy atom. The van der Waals surface area contributed by atoms with Crippen LogP contribution in [0.3, 0.4) is 0 Å². The summed E-state index contributed by atoms with van der Waals surface area (Å²) in [6.07, 6.45) is -4.56. The Bertz CT molecular complexity index is 504. The molecule has 0 atom stereocenters. The van der Waals surface area contributed by atoms with Gasteiger partial charge in [-0.25, -0.2) is 4.68 Å². The average molecular weight is 242 g/mol. The first-order chi connectivity index (χ1) is 7.97. The van der Waals surface area contributed by atoms with Gasteiger partial charge in [-0.05, 0) is 5.56 Å². The summed E-state index contributed by atoms with van der Waals surface area (Å²) in [4.78, 5) is 3.18. The van der Waals surface area contributed by atoms with E-state index in [-0.39, 0.29) is 12.5 Å². The molecule has 0 amide bonds. The number of rotatable bonds is 2. The van der Waals surface area contributed by atoms with Crippen molar-refractivity contribution in [3.63, 3.8) is 0 Å². The Hall–Kier alpha value is -2.05. The largest absolute Gasteiger partial charge is 0.451 e. The van der Waals surface area contributed by atoms with Gasteiger partial charge < -0.3 is 5.73 Å². The molecule has 0 bridgehead atoms. The highest BCUT2D eigenvalue weighted by molar-refractivity contribution is 5.19. The van der Waals surface area contributed by atoms with E-state index >= 15 is 0 Å². The molecular weight excluding hydrogens is 233 g/mol. The van der Waals surface area contributed by atoms with Crippen molar-refractivity contribution in [1.29, 1.82) is 0 Å². The molecule has 90 valence electrons. The first-order valence-corrected chi connectivity index (χ1v) is 4.78. The van der Waals surface area contributed by atoms with E-state index in [0.717, 1.165) is 4.68 Å². The van der Waals surface area contributed by atoms with Crippen LogP contribution in [0.25, 0.3) is 0 Å². The molecule has 2 N–H and O–H groups in total. The monoisotopic (exact) mass is 242 g/mol. The fourth-order valence-corrected chi connectivity index (χ4v) is 1.44. The predicted molar refractivity (Wildman–Crippen MR) is 55.0 cm³/mol. The van der Waals surface area contributed by atoms with Gasteiger partial charge in [-0.2, -0.15) is 18.2 Å². The number of hydrogen-bond acceptors (Lipinski definition) is 3. The molecule has 0 fully saturated rings. The first kappa shape index (κ1) is 11.4. The van der Waals surface area contributed by atoms with Gasteiger partial charge in [-0.1, -0.05) is 30.3 Å². The van der Waals surface area contributed by atoms with Crippen LogP contribution in [-0.2, 0) is 12.7 Å². The summed E-state index contributed by atoms with van der Waals surface area (Å²) in [6.45, 7) is -0.0140. The van der Waals surface area contributed by atoms with Crippen molar-refractivity contribution in [2.24, 2.45) is 0 Å². The van der Waals surface area contributed by atoms with Crippen LogP contribution in [0.5, 0.6) is 0 Å². The Kier molecular flexibility index (Phi) is 2.74. The molecule has 1 aromatic heterocycles. The molecular formula is C10H9F3N4. The summed E-state index contributed by atoms with van der Waals surface area (Å²) in [6, 6.07) is 8.67. The lowest BCUT2D eigenvalue weighted by Gasteiger charge is -2.08. The fourth-order valence-electron chi connectivity index (χ4n) is 1.44. The molecule has 7 heteroatoms. The highest BCUT2D eigenvalue weighted by Gasteiger charge is 2.37. The third kappa shape index (κ3) is 2.55. The molecule has 0 saturated carbocycles. The zero-order chi connectivity index (χ0) is 12.5. The average Bonchev–Trinajstić information content (AvgIpc) is 2.60. The standard InChI is InChI=1S/C10H9F3N4/c11-10(12,13)8-15-9(14)16-17(8)6-7-4-2-1-3-5-7/h1-5H,6H2,(H2,14,16). The number of nitrogens with two attached hydrogens (primary N) is 1. The molecule has 1 heterocycles. The van der Waals surface area contributed by atoms with Gasteiger partial charge in [0.1, 0.15) is 0 Å². The molecule has 17 heavy (non-hydrogen) atoms. The van der Waals surface area contributed by atoms with E-state index < -0.39 is 12.0 Å². The van der Waals surface area contributed by atoms with Crippen molar-refractivity contribution in [2.75, 3.05) is 5.73 Å². The number of hydrogen-bond donors (Lipinski definition) is 1. The minimum atomic E-state index is -4.56. The maximum atomic E-state index is 12.6. The summed E-state index contributed by atoms with van der Waals surface area (Å²) < 4.78 is 38.5. The number of halogens is 3. The van der Waals surface area contributed by atoms with Crippen LogP contribution < -0.4 is 5.73 Å². The molecule has 1 aromatic carbocycles. The Morgan fingerprint density at radius 2 is 1.82 bits per heavy atom. The molecule has 0 spiro atoms. The summed E-state index contributed by atoms with van der Waals surface area (Å²) in [7, 11) is 0. The van der Waals surface area contributed by atoms with E-state index in [1.54, 1.807) is 30.3 Å². The van der Waals surface area contributed by atoms with Gasteiger partial charge in [-0.15, -0.1) is 5.10 Å². The van der Waals surface area contributed by atoms with Gasteiger partial charge >= 0.3 is 6.18 Å². The molecule has 2 aromatic rings. The van der Waals surface area contributed by atoms with Crippen molar-refractivity contribution < 1.29 is 13.2 Å². The van der Waals surface area contributed by atoms with Crippen molar-refractivity contribution >= 4 is 5.95 Å². The van der Waals surface area contributed by atoms with E-state index in [2.05, 4.69) is 10.1 Å². The summed E-state index contributed by atoms with van der Waals surface area (Å²) in [5, 5.41) is 3.54. The molecule has 0 aliphatic carbocycles. The van der Waals surface area contributed by atoms with Gasteiger partial charge in [0.2, 0.25) is 11.8 Å². The third-order valence-corrected chi connectivity index (χ3v) is 2.12. The van der Waals surface area contributed by atoms with Gasteiger partial charge in [0.25, 0.3) is 0 Å². The van der Waals surface area contributed by atoms with E-state index in [1.165, 1.54) is 0 Å². The van der Waals surface area contributed by atoms with Crippen molar-refractivity contribution in [3.05, 3.63) is 41.7 Å². The molecule has 2 rings (SSSR count). The lowest BCUT2D eigenvalue weighted by molar-refractivity contribution is -0.147. The van der Waals surface area contributed by atoms with Crippen LogP contribution in [-0.4, -0.2) is 14.8 Å². The summed E-state index contributed by atoms with van der Waals surface area (Å²) in [5.41, 5.74) is 5.88. The quantitative estimate of drug-likeness (QED) is 0.875. The van der Waals surface area contributed by atoms with Gasteiger partial charge in [0.15, 0.2) is 0 Å². The predicted octanol–water partition coefficient (Wildman–Crippen LogP) is 1.93. The minimum absolute atomic E-state index is 0.0140. The second kappa shape index (κ2) is 4.08. The van der Waals surface area contributed by atoms with Crippen LogP contribution in [0.15, 0.2) is 30.3 Å². The Balaban J connectivity index is 2.33. The summed E-state index contributed by atoms with van der Waals surface area (Å²) in [5.74, 6) is -1.47. The maximum absolute atomic E-state index is 12.6.